The number of esters is 1. The molecule has 1 heterocycles. The molecule has 0 spiro atoms. The zero-order valence-electron chi connectivity index (χ0n) is 16.1. The first-order valence-corrected chi connectivity index (χ1v) is 8.87. The van der Waals surface area contributed by atoms with E-state index in [4.69, 9.17) is 18.9 Å². The van der Waals surface area contributed by atoms with Crippen molar-refractivity contribution >= 4 is 5.97 Å². The smallest absolute Gasteiger partial charge is 0.338 e. The highest BCUT2D eigenvalue weighted by molar-refractivity contribution is 5.82. The fourth-order valence-electron chi connectivity index (χ4n) is 3.49. The molecular formula is C21H24O7. The number of phenols is 1. The number of rotatable bonds is 7. The maximum atomic E-state index is 12.3. The zero-order valence-corrected chi connectivity index (χ0v) is 16.1. The predicted octanol–water partition coefficient (Wildman–Crippen LogP) is 2.11. The van der Waals surface area contributed by atoms with Gasteiger partial charge in [0.05, 0.1) is 27.9 Å². The van der Waals surface area contributed by atoms with Crippen LogP contribution in [0.5, 0.6) is 23.0 Å². The summed E-state index contributed by atoms with van der Waals surface area (Å²) in [4.78, 5) is 12.3. The summed E-state index contributed by atoms with van der Waals surface area (Å²) < 4.78 is 20.9. The van der Waals surface area contributed by atoms with Gasteiger partial charge in [-0.05, 0) is 41.8 Å². The summed E-state index contributed by atoms with van der Waals surface area (Å²) in [6, 6.07) is 10.2. The topological polar surface area (TPSA) is 94.5 Å². The molecule has 2 N–H and O–H groups in total. The number of carbonyl (C=O) groups is 1. The third kappa shape index (κ3) is 3.71. The van der Waals surface area contributed by atoms with Crippen LogP contribution in [0.2, 0.25) is 0 Å². The standard InChI is InChI=1S/C21H24O7/c1-25-17-7-5-13(9-19(17)27-3)8-15-12-28-20(23)21(15,24)11-14-4-6-16(22)18(10-14)26-2/h4-7,9-10,15,22,24H,8,11-12H2,1-3H3. The Morgan fingerprint density at radius 3 is 2.32 bits per heavy atom. The molecule has 150 valence electrons. The monoisotopic (exact) mass is 388 g/mol. The quantitative estimate of drug-likeness (QED) is 0.702. The highest BCUT2D eigenvalue weighted by Crippen LogP contribution is 2.36. The minimum absolute atomic E-state index is 0.00545. The number of phenolic OH excluding ortho intramolecular Hbond substituents is 1. The highest BCUT2D eigenvalue weighted by Gasteiger charge is 2.51. The van der Waals surface area contributed by atoms with Gasteiger partial charge in [-0.3, -0.25) is 0 Å². The third-order valence-electron chi connectivity index (χ3n) is 5.09. The summed E-state index contributed by atoms with van der Waals surface area (Å²) >= 11 is 0. The van der Waals surface area contributed by atoms with E-state index in [2.05, 4.69) is 0 Å². The Balaban J connectivity index is 1.84. The second-order valence-corrected chi connectivity index (χ2v) is 6.80. The Kier molecular flexibility index (Phi) is 5.65. The largest absolute Gasteiger partial charge is 0.504 e. The molecule has 28 heavy (non-hydrogen) atoms. The van der Waals surface area contributed by atoms with Gasteiger partial charge in [0, 0.05) is 12.3 Å². The first kappa shape index (κ1) is 19.8. The van der Waals surface area contributed by atoms with E-state index in [9.17, 15) is 15.0 Å². The molecule has 1 saturated heterocycles. The Labute approximate surface area is 163 Å². The molecule has 1 aliphatic rings. The molecule has 1 aliphatic heterocycles. The fraction of sp³-hybridized carbons (Fsp3) is 0.381. The van der Waals surface area contributed by atoms with Gasteiger partial charge in [0.25, 0.3) is 0 Å². The SMILES string of the molecule is COc1cc(CC2(O)C(=O)OCC2Cc2ccc(OC)c(OC)c2)ccc1O. The van der Waals surface area contributed by atoms with Gasteiger partial charge in [-0.1, -0.05) is 12.1 Å². The first-order chi connectivity index (χ1) is 13.4. The summed E-state index contributed by atoms with van der Waals surface area (Å²) in [6.07, 6.45) is 0.484. The molecule has 2 atom stereocenters. The van der Waals surface area contributed by atoms with Crippen LogP contribution in [0, 0.1) is 5.92 Å². The molecular weight excluding hydrogens is 364 g/mol. The normalized spacial score (nSPS) is 21.3. The molecule has 0 bridgehead atoms. The molecule has 3 rings (SSSR count). The summed E-state index contributed by atoms with van der Waals surface area (Å²) in [7, 11) is 4.56. The van der Waals surface area contributed by atoms with Crippen molar-refractivity contribution in [3.05, 3.63) is 47.5 Å². The van der Waals surface area contributed by atoms with Crippen LogP contribution in [-0.4, -0.2) is 49.7 Å². The van der Waals surface area contributed by atoms with Crippen LogP contribution in [0.25, 0.3) is 0 Å². The van der Waals surface area contributed by atoms with Gasteiger partial charge >= 0.3 is 5.97 Å². The third-order valence-corrected chi connectivity index (χ3v) is 5.09. The van der Waals surface area contributed by atoms with Crippen LogP contribution in [0.4, 0.5) is 0 Å². The van der Waals surface area contributed by atoms with E-state index in [1.807, 2.05) is 12.1 Å². The zero-order chi connectivity index (χ0) is 20.3. The summed E-state index contributed by atoms with van der Waals surface area (Å²) in [5.74, 6) is 0.384. The van der Waals surface area contributed by atoms with E-state index in [1.165, 1.54) is 13.2 Å². The summed E-state index contributed by atoms with van der Waals surface area (Å²) in [5, 5.41) is 20.9. The number of carbonyl (C=O) groups excluding carboxylic acids is 1. The minimum Gasteiger partial charge on any atom is -0.504 e. The van der Waals surface area contributed by atoms with E-state index in [0.717, 1.165) is 5.56 Å². The molecule has 0 saturated carbocycles. The van der Waals surface area contributed by atoms with Gasteiger partial charge in [0.2, 0.25) is 0 Å². The highest BCUT2D eigenvalue weighted by atomic mass is 16.6. The molecule has 2 aromatic carbocycles. The number of aliphatic hydroxyl groups is 1. The Bertz CT molecular complexity index is 864. The molecule has 1 fully saturated rings. The van der Waals surface area contributed by atoms with Gasteiger partial charge in [0.1, 0.15) is 0 Å². The number of hydrogen-bond acceptors (Lipinski definition) is 7. The van der Waals surface area contributed by atoms with Crippen molar-refractivity contribution in [2.24, 2.45) is 5.92 Å². The number of hydrogen-bond donors (Lipinski definition) is 2. The number of aromatic hydroxyl groups is 1. The average Bonchev–Trinajstić information content (AvgIpc) is 2.97. The minimum atomic E-state index is -1.67. The van der Waals surface area contributed by atoms with Crippen molar-refractivity contribution < 1.29 is 34.0 Å². The molecule has 0 aromatic heterocycles. The molecule has 7 nitrogen and oxygen atoms in total. The van der Waals surface area contributed by atoms with Crippen molar-refractivity contribution in [1.82, 2.24) is 0 Å². The van der Waals surface area contributed by atoms with Gasteiger partial charge in [0.15, 0.2) is 28.6 Å². The maximum absolute atomic E-state index is 12.3. The number of ether oxygens (including phenoxy) is 4. The molecule has 2 aromatic rings. The molecule has 0 radical (unpaired) electrons. The fourth-order valence-corrected chi connectivity index (χ4v) is 3.49. The lowest BCUT2D eigenvalue weighted by molar-refractivity contribution is -0.154. The average molecular weight is 388 g/mol. The van der Waals surface area contributed by atoms with E-state index in [-0.39, 0.29) is 24.5 Å². The lowest BCUT2D eigenvalue weighted by Gasteiger charge is -2.26. The van der Waals surface area contributed by atoms with Crippen molar-refractivity contribution in [2.75, 3.05) is 27.9 Å². The summed E-state index contributed by atoms with van der Waals surface area (Å²) in [6.45, 7) is 0.124. The predicted molar refractivity (Wildman–Crippen MR) is 101 cm³/mol. The maximum Gasteiger partial charge on any atom is 0.338 e. The lowest BCUT2D eigenvalue weighted by atomic mass is 9.81. The molecule has 0 aliphatic carbocycles. The second kappa shape index (κ2) is 7.98. The second-order valence-electron chi connectivity index (χ2n) is 6.80. The van der Waals surface area contributed by atoms with Crippen LogP contribution in [0.3, 0.4) is 0 Å². The van der Waals surface area contributed by atoms with E-state index in [1.54, 1.807) is 32.4 Å². The Morgan fingerprint density at radius 2 is 1.64 bits per heavy atom. The van der Waals surface area contributed by atoms with Crippen molar-refractivity contribution in [1.29, 1.82) is 0 Å². The Hall–Kier alpha value is -2.93. The summed E-state index contributed by atoms with van der Waals surface area (Å²) in [5.41, 5.74) is -0.120. The number of methoxy groups -OCH3 is 3. The van der Waals surface area contributed by atoms with Gasteiger partial charge in [-0.15, -0.1) is 0 Å². The van der Waals surface area contributed by atoms with Crippen LogP contribution < -0.4 is 14.2 Å². The van der Waals surface area contributed by atoms with Gasteiger partial charge in [-0.2, -0.15) is 0 Å². The molecule has 2 unspecified atom stereocenters. The molecule has 0 amide bonds. The van der Waals surface area contributed by atoms with Crippen molar-refractivity contribution in [3.63, 3.8) is 0 Å². The lowest BCUT2D eigenvalue weighted by Crippen LogP contribution is -2.44. The number of cyclic esters (lactones) is 1. The first-order valence-electron chi connectivity index (χ1n) is 8.87. The van der Waals surface area contributed by atoms with Crippen molar-refractivity contribution in [3.8, 4) is 23.0 Å². The van der Waals surface area contributed by atoms with Crippen LogP contribution in [-0.2, 0) is 22.4 Å². The van der Waals surface area contributed by atoms with E-state index in [0.29, 0.717) is 23.5 Å². The van der Waals surface area contributed by atoms with E-state index < -0.39 is 17.5 Å². The molecule has 7 heteroatoms. The van der Waals surface area contributed by atoms with E-state index >= 15 is 0 Å². The van der Waals surface area contributed by atoms with Crippen LogP contribution in [0.1, 0.15) is 11.1 Å². The number of benzene rings is 2. The van der Waals surface area contributed by atoms with Gasteiger partial charge in [-0.25, -0.2) is 4.79 Å². The van der Waals surface area contributed by atoms with Crippen LogP contribution in [0.15, 0.2) is 36.4 Å². The van der Waals surface area contributed by atoms with Crippen molar-refractivity contribution in [2.45, 2.75) is 18.4 Å². The van der Waals surface area contributed by atoms with Gasteiger partial charge < -0.3 is 29.2 Å². The van der Waals surface area contributed by atoms with Crippen LogP contribution >= 0.6 is 0 Å². The Morgan fingerprint density at radius 1 is 1.00 bits per heavy atom.